The van der Waals surface area contributed by atoms with Gasteiger partial charge in [0.25, 0.3) is 0 Å². The van der Waals surface area contributed by atoms with Gasteiger partial charge in [-0.2, -0.15) is 4.98 Å². The minimum atomic E-state index is -0.163. The van der Waals surface area contributed by atoms with E-state index in [1.807, 2.05) is 20.9 Å². The molecule has 142 valence electrons. The molecular weight excluding hydrogens is 322 g/mol. The fourth-order valence-corrected chi connectivity index (χ4v) is 2.89. The van der Waals surface area contributed by atoms with Crippen LogP contribution in [0.1, 0.15) is 50.9 Å². The highest BCUT2D eigenvalue weighted by molar-refractivity contribution is 5.79. The quantitative estimate of drug-likeness (QED) is 0.565. The summed E-state index contributed by atoms with van der Waals surface area (Å²) in [7, 11) is 3.83. The van der Waals surface area contributed by atoms with Crippen LogP contribution in [0.2, 0.25) is 0 Å². The molecule has 1 aliphatic heterocycles. The average Bonchev–Trinajstić information content (AvgIpc) is 3.11. The van der Waals surface area contributed by atoms with Crippen molar-refractivity contribution in [3.05, 3.63) is 11.7 Å². The molecule has 0 radical (unpaired) electrons. The summed E-state index contributed by atoms with van der Waals surface area (Å²) in [5.41, 5.74) is 0. The summed E-state index contributed by atoms with van der Waals surface area (Å²) < 4.78 is 16.2. The minimum absolute atomic E-state index is 0.163. The molecule has 1 aromatic heterocycles. The summed E-state index contributed by atoms with van der Waals surface area (Å²) in [6, 6.07) is 0. The van der Waals surface area contributed by atoms with E-state index in [-0.39, 0.29) is 6.10 Å². The Morgan fingerprint density at radius 2 is 2.20 bits per heavy atom. The zero-order valence-corrected chi connectivity index (χ0v) is 15.8. The first-order chi connectivity index (χ1) is 12.1. The predicted octanol–water partition coefficient (Wildman–Crippen LogP) is 1.99. The van der Waals surface area contributed by atoms with Crippen LogP contribution in [-0.4, -0.2) is 61.5 Å². The average molecular weight is 353 g/mol. The standard InChI is InChI=1S/C17H31N5O3/c1-5-24-13(2)16-20-15(25-21-16)12-19-17(18-3)22(4)9-6-14-7-10-23-11-8-14/h13-14H,5-12H2,1-4H3,(H,18,19). The smallest absolute Gasteiger partial charge is 0.246 e. The van der Waals surface area contributed by atoms with Crippen LogP contribution in [0.15, 0.2) is 9.52 Å². The molecule has 1 fully saturated rings. The van der Waals surface area contributed by atoms with Crippen LogP contribution in [0, 0.1) is 5.92 Å². The van der Waals surface area contributed by atoms with E-state index in [4.69, 9.17) is 14.0 Å². The summed E-state index contributed by atoms with van der Waals surface area (Å²) in [6.07, 6.45) is 3.30. The first kappa shape index (κ1) is 19.7. The largest absolute Gasteiger partial charge is 0.381 e. The van der Waals surface area contributed by atoms with E-state index in [0.29, 0.717) is 24.9 Å². The molecule has 1 N–H and O–H groups in total. The number of aromatic nitrogens is 2. The van der Waals surface area contributed by atoms with E-state index in [9.17, 15) is 0 Å². The van der Waals surface area contributed by atoms with Crippen molar-refractivity contribution in [3.8, 4) is 0 Å². The third kappa shape index (κ3) is 6.28. The monoisotopic (exact) mass is 353 g/mol. The number of nitrogens with zero attached hydrogens (tertiary/aromatic N) is 4. The third-order valence-electron chi connectivity index (χ3n) is 4.45. The highest BCUT2D eigenvalue weighted by Crippen LogP contribution is 2.18. The normalized spacial score (nSPS) is 17.5. The maximum absolute atomic E-state index is 5.47. The number of ether oxygens (including phenoxy) is 2. The lowest BCUT2D eigenvalue weighted by Gasteiger charge is -2.26. The zero-order chi connectivity index (χ0) is 18.1. The molecule has 1 aliphatic rings. The summed E-state index contributed by atoms with van der Waals surface area (Å²) in [5.74, 6) is 2.67. The van der Waals surface area contributed by atoms with E-state index < -0.39 is 0 Å². The summed E-state index contributed by atoms with van der Waals surface area (Å²) >= 11 is 0. The van der Waals surface area contributed by atoms with E-state index in [1.54, 1.807) is 7.05 Å². The van der Waals surface area contributed by atoms with Gasteiger partial charge >= 0.3 is 0 Å². The van der Waals surface area contributed by atoms with Crippen molar-refractivity contribution in [2.45, 2.75) is 45.8 Å². The van der Waals surface area contributed by atoms with Gasteiger partial charge in [-0.1, -0.05) is 5.16 Å². The van der Waals surface area contributed by atoms with Crippen LogP contribution in [0.5, 0.6) is 0 Å². The van der Waals surface area contributed by atoms with Crippen molar-refractivity contribution >= 4 is 5.96 Å². The Kier molecular flexibility index (Phi) is 8.14. The minimum Gasteiger partial charge on any atom is -0.381 e. The van der Waals surface area contributed by atoms with Gasteiger partial charge < -0.3 is 24.2 Å². The molecule has 2 rings (SSSR count). The predicted molar refractivity (Wildman–Crippen MR) is 95.3 cm³/mol. The van der Waals surface area contributed by atoms with Gasteiger partial charge in [0.15, 0.2) is 11.8 Å². The van der Waals surface area contributed by atoms with Gasteiger partial charge in [0.1, 0.15) is 6.10 Å². The van der Waals surface area contributed by atoms with Gasteiger partial charge in [0.05, 0.1) is 6.54 Å². The zero-order valence-electron chi connectivity index (χ0n) is 15.8. The van der Waals surface area contributed by atoms with E-state index in [0.717, 1.165) is 50.9 Å². The van der Waals surface area contributed by atoms with Crippen LogP contribution in [-0.2, 0) is 16.0 Å². The molecule has 2 heterocycles. The van der Waals surface area contributed by atoms with E-state index in [1.165, 1.54) is 0 Å². The van der Waals surface area contributed by atoms with Crippen LogP contribution < -0.4 is 5.32 Å². The fraction of sp³-hybridized carbons (Fsp3) is 0.824. The summed E-state index contributed by atoms with van der Waals surface area (Å²) in [6.45, 7) is 7.66. The van der Waals surface area contributed by atoms with E-state index >= 15 is 0 Å². The number of guanidine groups is 1. The molecule has 8 heteroatoms. The molecule has 0 bridgehead atoms. The molecule has 1 saturated heterocycles. The van der Waals surface area contributed by atoms with Gasteiger partial charge in [-0.05, 0) is 39.0 Å². The lowest BCUT2D eigenvalue weighted by atomic mass is 9.96. The highest BCUT2D eigenvalue weighted by Gasteiger charge is 2.17. The summed E-state index contributed by atoms with van der Waals surface area (Å²) in [4.78, 5) is 10.8. The molecule has 0 aliphatic carbocycles. The second-order valence-corrected chi connectivity index (χ2v) is 6.31. The van der Waals surface area contributed by atoms with Crippen molar-refractivity contribution in [3.63, 3.8) is 0 Å². The molecule has 0 aromatic carbocycles. The van der Waals surface area contributed by atoms with Crippen LogP contribution in [0.25, 0.3) is 0 Å². The maximum atomic E-state index is 5.47. The van der Waals surface area contributed by atoms with Crippen LogP contribution in [0.3, 0.4) is 0 Å². The molecule has 1 unspecified atom stereocenters. The molecule has 0 amide bonds. The Morgan fingerprint density at radius 1 is 1.44 bits per heavy atom. The van der Waals surface area contributed by atoms with Gasteiger partial charge in [-0.15, -0.1) is 0 Å². The lowest BCUT2D eigenvalue weighted by molar-refractivity contribution is 0.0625. The van der Waals surface area contributed by atoms with E-state index in [2.05, 4.69) is 25.3 Å². The molecule has 1 atom stereocenters. The second kappa shape index (κ2) is 10.4. The molecule has 0 saturated carbocycles. The molecular formula is C17H31N5O3. The van der Waals surface area contributed by atoms with Gasteiger partial charge in [0.2, 0.25) is 5.89 Å². The summed E-state index contributed by atoms with van der Waals surface area (Å²) in [5, 5.41) is 7.24. The van der Waals surface area contributed by atoms with Gasteiger partial charge in [-0.25, -0.2) is 0 Å². The third-order valence-corrected chi connectivity index (χ3v) is 4.45. The number of rotatable bonds is 8. The van der Waals surface area contributed by atoms with Crippen molar-refractivity contribution in [1.82, 2.24) is 20.4 Å². The Labute approximate surface area is 150 Å². The second-order valence-electron chi connectivity index (χ2n) is 6.31. The Hall–Kier alpha value is -1.67. The van der Waals surface area contributed by atoms with Gasteiger partial charge in [0, 0.05) is 40.5 Å². The molecule has 0 spiro atoms. The van der Waals surface area contributed by atoms with Gasteiger partial charge in [-0.3, -0.25) is 4.99 Å². The van der Waals surface area contributed by atoms with Crippen LogP contribution in [0.4, 0.5) is 0 Å². The molecule has 25 heavy (non-hydrogen) atoms. The first-order valence-electron chi connectivity index (χ1n) is 9.07. The number of nitrogens with one attached hydrogen (secondary N) is 1. The number of hydrogen-bond donors (Lipinski definition) is 1. The lowest BCUT2D eigenvalue weighted by Crippen LogP contribution is -2.39. The number of aliphatic imine (C=N–C) groups is 1. The Bertz CT molecular complexity index is 528. The Morgan fingerprint density at radius 3 is 2.88 bits per heavy atom. The van der Waals surface area contributed by atoms with Crippen molar-refractivity contribution < 1.29 is 14.0 Å². The first-order valence-corrected chi connectivity index (χ1v) is 9.07. The molecule has 1 aromatic rings. The topological polar surface area (TPSA) is 85.0 Å². The Balaban J connectivity index is 1.77. The molecule has 8 nitrogen and oxygen atoms in total. The van der Waals surface area contributed by atoms with Crippen molar-refractivity contribution in [2.24, 2.45) is 10.9 Å². The van der Waals surface area contributed by atoms with Crippen LogP contribution >= 0.6 is 0 Å². The van der Waals surface area contributed by atoms with Crippen molar-refractivity contribution in [1.29, 1.82) is 0 Å². The SMILES string of the molecule is CCOC(C)c1noc(CNC(=NC)N(C)CCC2CCOCC2)n1. The highest BCUT2D eigenvalue weighted by atomic mass is 16.5. The number of hydrogen-bond acceptors (Lipinski definition) is 6. The fourth-order valence-electron chi connectivity index (χ4n) is 2.89. The maximum Gasteiger partial charge on any atom is 0.246 e. The van der Waals surface area contributed by atoms with Crippen molar-refractivity contribution in [2.75, 3.05) is 40.5 Å².